The maximum atomic E-state index is 13.3. The van der Waals surface area contributed by atoms with E-state index < -0.39 is 0 Å². The number of likely N-dealkylation sites (N-methyl/N-ethyl adjacent to an activating group) is 2. The maximum Gasteiger partial charge on any atom is 0.239 e. The van der Waals surface area contributed by atoms with Crippen LogP contribution in [0, 0.1) is 12.3 Å². The molecule has 0 saturated carbocycles. The smallest absolute Gasteiger partial charge is 0.239 e. The van der Waals surface area contributed by atoms with Crippen molar-refractivity contribution in [1.82, 2.24) is 25.1 Å². The molecule has 1 spiro atoms. The molecule has 6 heteroatoms. The largest absolute Gasteiger partial charge is 0.342 e. The van der Waals surface area contributed by atoms with Crippen LogP contribution in [0.4, 0.5) is 0 Å². The van der Waals surface area contributed by atoms with E-state index in [9.17, 15) is 4.79 Å². The number of benzene rings is 1. The molecule has 6 nitrogen and oxygen atoms in total. The normalized spacial score (nSPS) is 22.2. The molecule has 1 aromatic heterocycles. The van der Waals surface area contributed by atoms with Gasteiger partial charge in [0.05, 0.1) is 17.1 Å². The molecule has 2 fully saturated rings. The fraction of sp³-hybridized carbons (Fsp3) is 0.636. The molecule has 1 amide bonds. The number of H-pyrrole nitrogens is 1. The first-order valence-corrected chi connectivity index (χ1v) is 10.7. The van der Waals surface area contributed by atoms with Gasteiger partial charge in [0.1, 0.15) is 5.82 Å². The third-order valence-corrected chi connectivity index (χ3v) is 6.77. The molecule has 1 aromatic carbocycles. The molecule has 0 aliphatic carbocycles. The van der Waals surface area contributed by atoms with Gasteiger partial charge < -0.3 is 15.2 Å². The van der Waals surface area contributed by atoms with Crippen LogP contribution >= 0.6 is 0 Å². The van der Waals surface area contributed by atoms with Crippen molar-refractivity contribution < 1.29 is 4.79 Å². The van der Waals surface area contributed by atoms with Gasteiger partial charge in [-0.15, -0.1) is 0 Å². The summed E-state index contributed by atoms with van der Waals surface area (Å²) in [5, 5.41) is 3.46. The molecule has 3 heterocycles. The number of imidazole rings is 1. The number of amides is 1. The highest BCUT2D eigenvalue weighted by Gasteiger charge is 2.46. The zero-order valence-electron chi connectivity index (χ0n) is 17.4. The molecular formula is C22H33N5O. The third-order valence-electron chi connectivity index (χ3n) is 6.77. The zero-order chi connectivity index (χ0) is 19.7. The van der Waals surface area contributed by atoms with Crippen molar-refractivity contribution >= 4 is 16.9 Å². The zero-order valence-corrected chi connectivity index (χ0v) is 17.4. The number of likely N-dealkylation sites (tertiary alicyclic amines) is 1. The predicted octanol–water partition coefficient (Wildman–Crippen LogP) is 2.34. The average Bonchev–Trinajstić information content (AvgIpc) is 3.24. The molecule has 2 aliphatic heterocycles. The van der Waals surface area contributed by atoms with Gasteiger partial charge in [0.2, 0.25) is 5.91 Å². The third kappa shape index (κ3) is 3.67. The molecular weight excluding hydrogens is 350 g/mol. The van der Waals surface area contributed by atoms with Crippen LogP contribution < -0.4 is 5.32 Å². The second-order valence-corrected chi connectivity index (χ2v) is 8.71. The van der Waals surface area contributed by atoms with E-state index in [-0.39, 0.29) is 11.9 Å². The molecule has 2 saturated heterocycles. The van der Waals surface area contributed by atoms with Gasteiger partial charge in [0.15, 0.2) is 0 Å². The van der Waals surface area contributed by atoms with Crippen LogP contribution in [0.15, 0.2) is 18.2 Å². The lowest BCUT2D eigenvalue weighted by Crippen LogP contribution is -2.45. The second-order valence-electron chi connectivity index (χ2n) is 8.71. The SMILES string of the molecule is CCN(CCc1nc2c(C)cccc2[nH]1)C(=O)[C@@H]1CC2(CCNCC2)CN1C. The summed E-state index contributed by atoms with van der Waals surface area (Å²) < 4.78 is 0. The molecule has 4 rings (SSSR count). The fourth-order valence-electron chi connectivity index (χ4n) is 5.09. The van der Waals surface area contributed by atoms with Crippen LogP contribution in [0.5, 0.6) is 0 Å². The van der Waals surface area contributed by atoms with E-state index in [0.717, 1.165) is 55.9 Å². The second kappa shape index (κ2) is 7.84. The monoisotopic (exact) mass is 383 g/mol. The summed E-state index contributed by atoms with van der Waals surface area (Å²) in [6, 6.07) is 6.22. The molecule has 2 N–H and O–H groups in total. The number of carbonyl (C=O) groups is 1. The molecule has 1 atom stereocenters. The lowest BCUT2D eigenvalue weighted by molar-refractivity contribution is -0.135. The number of rotatable bonds is 5. The van der Waals surface area contributed by atoms with E-state index in [2.05, 4.69) is 48.2 Å². The highest BCUT2D eigenvalue weighted by molar-refractivity contribution is 5.82. The number of hydrogen-bond donors (Lipinski definition) is 2. The highest BCUT2D eigenvalue weighted by atomic mass is 16.2. The first-order chi connectivity index (χ1) is 13.5. The number of aromatic amines is 1. The van der Waals surface area contributed by atoms with Crippen molar-refractivity contribution in [2.45, 2.75) is 45.6 Å². The Morgan fingerprint density at radius 2 is 2.14 bits per heavy atom. The number of aryl methyl sites for hydroxylation is 1. The van der Waals surface area contributed by atoms with E-state index in [1.54, 1.807) is 0 Å². The minimum atomic E-state index is 0.0240. The summed E-state index contributed by atoms with van der Waals surface area (Å²) in [4.78, 5) is 25.8. The summed E-state index contributed by atoms with van der Waals surface area (Å²) >= 11 is 0. The van der Waals surface area contributed by atoms with Gasteiger partial charge in [-0.1, -0.05) is 12.1 Å². The van der Waals surface area contributed by atoms with E-state index in [0.29, 0.717) is 12.0 Å². The quantitative estimate of drug-likeness (QED) is 0.832. The van der Waals surface area contributed by atoms with Crippen LogP contribution in [-0.4, -0.2) is 71.5 Å². The van der Waals surface area contributed by atoms with Gasteiger partial charge in [-0.2, -0.15) is 0 Å². The van der Waals surface area contributed by atoms with Gasteiger partial charge in [0, 0.05) is 26.1 Å². The Balaban J connectivity index is 1.41. The lowest BCUT2D eigenvalue weighted by atomic mass is 9.77. The maximum absolute atomic E-state index is 13.3. The number of hydrogen-bond acceptors (Lipinski definition) is 4. The van der Waals surface area contributed by atoms with Gasteiger partial charge in [-0.25, -0.2) is 4.98 Å². The molecule has 28 heavy (non-hydrogen) atoms. The number of fused-ring (bicyclic) bond motifs is 1. The Morgan fingerprint density at radius 3 is 2.86 bits per heavy atom. The summed E-state index contributed by atoms with van der Waals surface area (Å²) in [5.74, 6) is 1.25. The Hall–Kier alpha value is -1.92. The van der Waals surface area contributed by atoms with Crippen LogP contribution in [0.2, 0.25) is 0 Å². The van der Waals surface area contributed by atoms with E-state index in [4.69, 9.17) is 4.98 Å². The van der Waals surface area contributed by atoms with E-state index >= 15 is 0 Å². The topological polar surface area (TPSA) is 64.3 Å². The number of nitrogens with one attached hydrogen (secondary N) is 2. The van der Waals surface area contributed by atoms with E-state index in [1.165, 1.54) is 18.4 Å². The number of piperidine rings is 1. The van der Waals surface area contributed by atoms with Crippen LogP contribution in [-0.2, 0) is 11.2 Å². The Kier molecular flexibility index (Phi) is 5.43. The van der Waals surface area contributed by atoms with Gasteiger partial charge in [-0.05, 0) is 70.3 Å². The molecule has 152 valence electrons. The summed E-state index contributed by atoms with van der Waals surface area (Å²) in [6.45, 7) is 8.84. The number of para-hydroxylation sites is 1. The number of aromatic nitrogens is 2. The van der Waals surface area contributed by atoms with E-state index in [1.807, 2.05) is 11.0 Å². The van der Waals surface area contributed by atoms with Crippen LogP contribution in [0.25, 0.3) is 11.0 Å². The molecule has 2 aromatic rings. The average molecular weight is 384 g/mol. The first-order valence-electron chi connectivity index (χ1n) is 10.7. The minimum Gasteiger partial charge on any atom is -0.342 e. The number of nitrogens with zero attached hydrogens (tertiary/aromatic N) is 3. The van der Waals surface area contributed by atoms with Crippen molar-refractivity contribution in [2.24, 2.45) is 5.41 Å². The summed E-state index contributed by atoms with van der Waals surface area (Å²) in [6.07, 6.45) is 4.14. The Labute approximate surface area is 167 Å². The Bertz CT molecular complexity index is 839. The first kappa shape index (κ1) is 19.4. The summed E-state index contributed by atoms with van der Waals surface area (Å²) in [5.41, 5.74) is 3.63. The number of carbonyl (C=O) groups excluding carboxylic acids is 1. The molecule has 0 unspecified atom stereocenters. The van der Waals surface area contributed by atoms with Crippen molar-refractivity contribution in [3.05, 3.63) is 29.6 Å². The van der Waals surface area contributed by atoms with Crippen molar-refractivity contribution in [3.8, 4) is 0 Å². The minimum absolute atomic E-state index is 0.0240. The van der Waals surface area contributed by atoms with Gasteiger partial charge in [-0.3, -0.25) is 9.69 Å². The highest BCUT2D eigenvalue weighted by Crippen LogP contribution is 2.41. The lowest BCUT2D eigenvalue weighted by Gasteiger charge is -2.33. The molecule has 2 aliphatic rings. The standard InChI is InChI=1S/C22H33N5O/c1-4-27(13-8-19-24-17-7-5-6-16(2)20(17)25-19)21(28)18-14-22(15-26(18)3)9-11-23-12-10-22/h5-7,18,23H,4,8-15H2,1-3H3,(H,24,25)/t18-/m0/s1. The van der Waals surface area contributed by atoms with Crippen LogP contribution in [0.3, 0.4) is 0 Å². The van der Waals surface area contributed by atoms with Crippen molar-refractivity contribution in [2.75, 3.05) is 39.8 Å². The van der Waals surface area contributed by atoms with Gasteiger partial charge in [0.25, 0.3) is 0 Å². The van der Waals surface area contributed by atoms with Crippen molar-refractivity contribution in [1.29, 1.82) is 0 Å². The summed E-state index contributed by atoms with van der Waals surface area (Å²) in [7, 11) is 2.12. The molecule has 0 radical (unpaired) electrons. The predicted molar refractivity (Wildman–Crippen MR) is 112 cm³/mol. The fourth-order valence-corrected chi connectivity index (χ4v) is 5.09. The van der Waals surface area contributed by atoms with Gasteiger partial charge >= 0.3 is 0 Å². The van der Waals surface area contributed by atoms with Crippen molar-refractivity contribution in [3.63, 3.8) is 0 Å². The molecule has 0 bridgehead atoms. The Morgan fingerprint density at radius 1 is 1.36 bits per heavy atom. The van der Waals surface area contributed by atoms with Crippen LogP contribution in [0.1, 0.15) is 37.6 Å².